The van der Waals surface area contributed by atoms with E-state index in [4.69, 9.17) is 0 Å². The maximum Gasteiger partial charge on any atom is 0.228 e. The summed E-state index contributed by atoms with van der Waals surface area (Å²) < 4.78 is 2.97. The highest BCUT2D eigenvalue weighted by Crippen LogP contribution is 2.20. The number of hydrogen-bond donors (Lipinski definition) is 0. The third-order valence-electron chi connectivity index (χ3n) is 4.22. The first-order valence-corrected chi connectivity index (χ1v) is 8.60. The van der Waals surface area contributed by atoms with Crippen molar-refractivity contribution >= 4 is 43.4 Å². The number of rotatable bonds is 3. The number of pyridine rings is 1. The van der Waals surface area contributed by atoms with Crippen molar-refractivity contribution in [2.45, 2.75) is 6.54 Å². The van der Waals surface area contributed by atoms with Gasteiger partial charge in [-0.3, -0.25) is 4.79 Å². The largest absolute Gasteiger partial charge is 0.287 e. The molecule has 0 N–H and O–H groups in total. The number of benzene rings is 3. The molecule has 4 rings (SSSR count). The summed E-state index contributed by atoms with van der Waals surface area (Å²) in [4.78, 5) is 12.9. The first-order valence-electron chi connectivity index (χ1n) is 7.81. The van der Waals surface area contributed by atoms with Gasteiger partial charge in [0.1, 0.15) is 0 Å². The van der Waals surface area contributed by atoms with Crippen molar-refractivity contribution in [1.29, 1.82) is 0 Å². The van der Waals surface area contributed by atoms with E-state index in [9.17, 15) is 4.79 Å². The van der Waals surface area contributed by atoms with Gasteiger partial charge < -0.3 is 0 Å². The molecule has 0 unspecified atom stereocenters. The zero-order chi connectivity index (χ0) is 16.5. The molecule has 4 aromatic rings. The molecular weight excluding hydrogens is 362 g/mol. The quantitative estimate of drug-likeness (QED) is 0.367. The number of carbonyl (C=O) groups is 1. The molecular formula is C21H15BrNO+. The van der Waals surface area contributed by atoms with Crippen molar-refractivity contribution in [3.05, 3.63) is 89.0 Å². The van der Waals surface area contributed by atoms with Crippen molar-refractivity contribution in [3.8, 4) is 0 Å². The molecule has 24 heavy (non-hydrogen) atoms. The highest BCUT2D eigenvalue weighted by atomic mass is 79.9. The molecule has 0 aliphatic rings. The molecule has 0 bridgehead atoms. The lowest BCUT2D eigenvalue weighted by atomic mass is 10.0. The van der Waals surface area contributed by atoms with Crippen LogP contribution in [0.2, 0.25) is 0 Å². The Balaban J connectivity index is 1.79. The van der Waals surface area contributed by atoms with Crippen LogP contribution >= 0.6 is 15.9 Å². The lowest BCUT2D eigenvalue weighted by Crippen LogP contribution is -2.38. The fourth-order valence-corrected chi connectivity index (χ4v) is 3.61. The average molecular weight is 377 g/mol. The molecule has 2 nitrogen and oxygen atoms in total. The molecule has 0 atom stereocenters. The molecule has 0 saturated carbocycles. The van der Waals surface area contributed by atoms with Crippen molar-refractivity contribution in [2.24, 2.45) is 0 Å². The van der Waals surface area contributed by atoms with E-state index in [0.29, 0.717) is 6.54 Å². The summed E-state index contributed by atoms with van der Waals surface area (Å²) in [7, 11) is 0. The summed E-state index contributed by atoms with van der Waals surface area (Å²) in [6.45, 7) is 0.313. The number of halogens is 1. The normalized spacial score (nSPS) is 11.0. The third kappa shape index (κ3) is 2.72. The van der Waals surface area contributed by atoms with Crippen LogP contribution in [-0.4, -0.2) is 5.78 Å². The Kier molecular flexibility index (Phi) is 3.87. The van der Waals surface area contributed by atoms with Crippen LogP contribution in [0.25, 0.3) is 21.7 Å². The van der Waals surface area contributed by atoms with E-state index >= 15 is 0 Å². The second kappa shape index (κ2) is 6.17. The molecule has 0 aliphatic heterocycles. The van der Waals surface area contributed by atoms with Gasteiger partial charge in [-0.15, -0.1) is 0 Å². The van der Waals surface area contributed by atoms with Crippen LogP contribution < -0.4 is 4.57 Å². The Hall–Kier alpha value is -2.52. The van der Waals surface area contributed by atoms with Crippen molar-refractivity contribution < 1.29 is 9.36 Å². The SMILES string of the molecule is O=C(C[n+]1cc(Br)cc2ccccc21)c1cccc2ccccc12. The Morgan fingerprint density at radius 3 is 2.46 bits per heavy atom. The van der Waals surface area contributed by atoms with E-state index in [1.165, 1.54) is 0 Å². The minimum atomic E-state index is 0.111. The van der Waals surface area contributed by atoms with Crippen LogP contribution in [0.15, 0.2) is 83.5 Å². The zero-order valence-electron chi connectivity index (χ0n) is 12.9. The van der Waals surface area contributed by atoms with Crippen molar-refractivity contribution in [1.82, 2.24) is 0 Å². The molecule has 116 valence electrons. The lowest BCUT2D eigenvalue weighted by molar-refractivity contribution is -0.657. The third-order valence-corrected chi connectivity index (χ3v) is 4.66. The summed E-state index contributed by atoms with van der Waals surface area (Å²) in [5.41, 5.74) is 1.82. The fraction of sp³-hybridized carbons (Fsp3) is 0.0476. The van der Waals surface area contributed by atoms with Crippen molar-refractivity contribution in [3.63, 3.8) is 0 Å². The smallest absolute Gasteiger partial charge is 0.228 e. The molecule has 1 heterocycles. The molecule has 3 aromatic carbocycles. The van der Waals surface area contributed by atoms with Gasteiger partial charge >= 0.3 is 0 Å². The van der Waals surface area contributed by atoms with Gasteiger partial charge in [-0.25, -0.2) is 0 Å². The molecule has 0 spiro atoms. The van der Waals surface area contributed by atoms with E-state index < -0.39 is 0 Å². The van der Waals surface area contributed by atoms with Gasteiger partial charge in [0.05, 0.1) is 4.47 Å². The van der Waals surface area contributed by atoms with E-state index in [1.54, 1.807) is 0 Å². The number of nitrogens with zero attached hydrogens (tertiary/aromatic N) is 1. The number of hydrogen-bond acceptors (Lipinski definition) is 1. The average Bonchev–Trinajstić information content (AvgIpc) is 2.61. The van der Waals surface area contributed by atoms with E-state index in [1.807, 2.05) is 71.4 Å². The highest BCUT2D eigenvalue weighted by molar-refractivity contribution is 9.10. The first kappa shape index (κ1) is 15.0. The highest BCUT2D eigenvalue weighted by Gasteiger charge is 2.18. The Bertz CT molecular complexity index is 1070. The van der Waals surface area contributed by atoms with Gasteiger partial charge in [-0.2, -0.15) is 4.57 Å². The Morgan fingerprint density at radius 2 is 1.58 bits per heavy atom. The van der Waals surface area contributed by atoms with Gasteiger partial charge in [0, 0.05) is 17.0 Å². The van der Waals surface area contributed by atoms with Crippen LogP contribution in [0, 0.1) is 0 Å². The zero-order valence-corrected chi connectivity index (χ0v) is 14.5. The second-order valence-electron chi connectivity index (χ2n) is 5.79. The Labute approximate surface area is 148 Å². The maximum absolute atomic E-state index is 12.9. The minimum Gasteiger partial charge on any atom is -0.287 e. The van der Waals surface area contributed by atoms with Gasteiger partial charge in [-0.1, -0.05) is 54.6 Å². The second-order valence-corrected chi connectivity index (χ2v) is 6.71. The van der Waals surface area contributed by atoms with Crippen LogP contribution in [0.5, 0.6) is 0 Å². The van der Waals surface area contributed by atoms with Crippen LogP contribution in [0.4, 0.5) is 0 Å². The van der Waals surface area contributed by atoms with Gasteiger partial charge in [0.25, 0.3) is 0 Å². The van der Waals surface area contributed by atoms with Crippen LogP contribution in [-0.2, 0) is 6.54 Å². The predicted molar refractivity (Wildman–Crippen MR) is 100 cm³/mol. The number of fused-ring (bicyclic) bond motifs is 2. The summed E-state index contributed by atoms with van der Waals surface area (Å²) in [6.07, 6.45) is 1.96. The van der Waals surface area contributed by atoms with Crippen LogP contribution in [0.3, 0.4) is 0 Å². The first-order chi connectivity index (χ1) is 11.7. The standard InChI is InChI=1S/C21H15BrNO/c22-17-12-16-7-2-4-11-20(16)23(13-17)14-21(24)19-10-5-8-15-6-1-3-9-18(15)19/h1-13H,14H2/q+1. The minimum absolute atomic E-state index is 0.111. The lowest BCUT2D eigenvalue weighted by Gasteiger charge is -2.05. The number of carbonyl (C=O) groups excluding carboxylic acids is 1. The molecule has 0 amide bonds. The van der Waals surface area contributed by atoms with Gasteiger partial charge in [-0.05, 0) is 38.8 Å². The number of para-hydroxylation sites is 1. The fourth-order valence-electron chi connectivity index (χ4n) is 3.11. The van der Waals surface area contributed by atoms with E-state index in [2.05, 4.69) is 28.1 Å². The van der Waals surface area contributed by atoms with Crippen molar-refractivity contribution in [2.75, 3.05) is 0 Å². The summed E-state index contributed by atoms with van der Waals surface area (Å²) in [5.74, 6) is 0.111. The summed E-state index contributed by atoms with van der Waals surface area (Å²) in [5, 5.41) is 3.20. The molecule has 0 saturated heterocycles. The molecule has 1 aromatic heterocycles. The Morgan fingerprint density at radius 1 is 0.875 bits per heavy atom. The van der Waals surface area contributed by atoms with E-state index in [0.717, 1.165) is 31.7 Å². The van der Waals surface area contributed by atoms with Gasteiger partial charge in [0.2, 0.25) is 17.8 Å². The van der Waals surface area contributed by atoms with Gasteiger partial charge in [0.15, 0.2) is 6.20 Å². The number of Topliss-reactive ketones (excluding diaryl/α,β-unsaturated/α-hetero) is 1. The molecule has 0 radical (unpaired) electrons. The molecule has 0 fully saturated rings. The molecule has 0 aliphatic carbocycles. The topological polar surface area (TPSA) is 20.9 Å². The monoisotopic (exact) mass is 376 g/mol. The summed E-state index contributed by atoms with van der Waals surface area (Å²) in [6, 6.07) is 24.1. The van der Waals surface area contributed by atoms with E-state index in [-0.39, 0.29) is 5.78 Å². The number of aromatic nitrogens is 1. The molecule has 3 heteroatoms. The number of ketones is 1. The maximum atomic E-state index is 12.9. The van der Waals surface area contributed by atoms with Crippen LogP contribution in [0.1, 0.15) is 10.4 Å². The summed E-state index contributed by atoms with van der Waals surface area (Å²) >= 11 is 3.54. The predicted octanol–water partition coefficient (Wildman–Crippen LogP) is 4.93.